The molecule has 1 aromatic heterocycles. The highest BCUT2D eigenvalue weighted by Gasteiger charge is 2.32. The molecule has 28 heavy (non-hydrogen) atoms. The Bertz CT molecular complexity index is 885. The van der Waals surface area contributed by atoms with Crippen molar-refractivity contribution in [3.8, 4) is 0 Å². The van der Waals surface area contributed by atoms with Crippen molar-refractivity contribution in [2.45, 2.75) is 32.4 Å². The van der Waals surface area contributed by atoms with Crippen LogP contribution < -0.4 is 10.2 Å². The van der Waals surface area contributed by atoms with Gasteiger partial charge in [0.2, 0.25) is 5.91 Å². The Labute approximate surface area is 161 Å². The molecule has 1 unspecified atom stereocenters. The Morgan fingerprint density at radius 2 is 2.14 bits per heavy atom. The van der Waals surface area contributed by atoms with Gasteiger partial charge in [-0.25, -0.2) is 9.18 Å². The molecule has 0 spiro atoms. The second-order valence-electron chi connectivity index (χ2n) is 6.60. The van der Waals surface area contributed by atoms with Crippen molar-refractivity contribution in [3.05, 3.63) is 42.0 Å². The van der Waals surface area contributed by atoms with Crippen LogP contribution in [-0.4, -0.2) is 51.9 Å². The first-order valence-electron chi connectivity index (χ1n) is 8.81. The highest BCUT2D eigenvalue weighted by molar-refractivity contribution is 5.99. The van der Waals surface area contributed by atoms with E-state index in [-0.39, 0.29) is 42.7 Å². The van der Waals surface area contributed by atoms with Crippen LogP contribution in [0, 0.1) is 11.2 Å². The number of carbonyl (C=O) groups is 2. The number of hydrogen-bond donors (Lipinski definition) is 2. The summed E-state index contributed by atoms with van der Waals surface area (Å²) in [7, 11) is 0. The van der Waals surface area contributed by atoms with Crippen molar-refractivity contribution in [1.82, 2.24) is 20.3 Å². The molecule has 2 amide bonds. The number of ether oxygens (including phenoxy) is 1. The van der Waals surface area contributed by atoms with Crippen LogP contribution in [0.4, 0.5) is 14.9 Å². The van der Waals surface area contributed by atoms with Crippen LogP contribution in [0.1, 0.15) is 31.9 Å². The number of cyclic esters (lactones) is 1. The number of anilines is 1. The summed E-state index contributed by atoms with van der Waals surface area (Å²) in [6.45, 7) is 3.62. The zero-order chi connectivity index (χ0) is 20.3. The van der Waals surface area contributed by atoms with Crippen LogP contribution in [0.3, 0.4) is 0 Å². The monoisotopic (exact) mass is 388 g/mol. The second-order valence-corrected chi connectivity index (χ2v) is 6.60. The standard InChI is InChI=1S/C18H21FN6O3/c1-11(25-22-5-6-23-25)7-17(20)15-4-3-13(8-16(15)19)24-10-14(28-18(24)27)9-21-12(2)26/h3-6,8,11,14,20H,7,9-10H2,1-2H3,(H,21,26)/t11?,14-/m0/s1. The molecule has 0 bridgehead atoms. The normalized spacial score (nSPS) is 17.3. The minimum atomic E-state index is -0.601. The summed E-state index contributed by atoms with van der Waals surface area (Å²) >= 11 is 0. The number of nitrogens with one attached hydrogen (secondary N) is 2. The number of hydrogen-bond acceptors (Lipinski definition) is 6. The molecule has 9 nitrogen and oxygen atoms in total. The smallest absolute Gasteiger partial charge is 0.414 e. The van der Waals surface area contributed by atoms with Crippen molar-refractivity contribution in [2.24, 2.45) is 0 Å². The molecule has 10 heteroatoms. The van der Waals surface area contributed by atoms with E-state index in [0.29, 0.717) is 5.69 Å². The molecule has 1 aliphatic heterocycles. The number of carbonyl (C=O) groups excluding carboxylic acids is 2. The molecule has 3 rings (SSSR count). The molecule has 2 N–H and O–H groups in total. The lowest BCUT2D eigenvalue weighted by atomic mass is 10.0. The summed E-state index contributed by atoms with van der Waals surface area (Å²) in [5, 5.41) is 18.8. The lowest BCUT2D eigenvalue weighted by molar-refractivity contribution is -0.119. The van der Waals surface area contributed by atoms with Gasteiger partial charge in [-0.3, -0.25) is 9.69 Å². The molecule has 1 fully saturated rings. The average Bonchev–Trinajstić information content (AvgIpc) is 3.29. The van der Waals surface area contributed by atoms with Crippen LogP contribution in [0.2, 0.25) is 0 Å². The highest BCUT2D eigenvalue weighted by Crippen LogP contribution is 2.25. The van der Waals surface area contributed by atoms with Crippen LogP contribution in [-0.2, 0) is 9.53 Å². The lowest BCUT2D eigenvalue weighted by Crippen LogP contribution is -2.33. The lowest BCUT2D eigenvalue weighted by Gasteiger charge is -2.16. The summed E-state index contributed by atoms with van der Waals surface area (Å²) in [5.74, 6) is -0.816. The van der Waals surface area contributed by atoms with Gasteiger partial charge in [0.15, 0.2) is 0 Å². The minimum absolute atomic E-state index is 0.112. The topological polar surface area (TPSA) is 113 Å². The first kappa shape index (κ1) is 19.5. The molecular formula is C18H21FN6O3. The van der Waals surface area contributed by atoms with Gasteiger partial charge in [0.25, 0.3) is 0 Å². The van der Waals surface area contributed by atoms with Crippen molar-refractivity contribution in [1.29, 1.82) is 5.41 Å². The molecule has 2 atom stereocenters. The third kappa shape index (κ3) is 4.33. The van der Waals surface area contributed by atoms with Gasteiger partial charge in [-0.1, -0.05) is 0 Å². The molecular weight excluding hydrogens is 367 g/mol. The van der Waals surface area contributed by atoms with Gasteiger partial charge >= 0.3 is 6.09 Å². The van der Waals surface area contributed by atoms with Crippen molar-refractivity contribution in [3.63, 3.8) is 0 Å². The van der Waals surface area contributed by atoms with E-state index in [1.165, 1.54) is 28.8 Å². The minimum Gasteiger partial charge on any atom is -0.442 e. The Hall–Kier alpha value is -3.30. The van der Waals surface area contributed by atoms with Crippen LogP contribution in [0.5, 0.6) is 0 Å². The summed E-state index contributed by atoms with van der Waals surface area (Å²) in [6, 6.07) is 4.07. The number of rotatable bonds is 7. The summed E-state index contributed by atoms with van der Waals surface area (Å²) < 4.78 is 19.8. The Kier molecular flexibility index (Phi) is 5.67. The molecule has 2 aromatic rings. The van der Waals surface area contributed by atoms with E-state index in [0.717, 1.165) is 0 Å². The third-order valence-electron chi connectivity index (χ3n) is 4.37. The molecule has 1 aromatic carbocycles. The molecule has 0 aliphatic carbocycles. The quantitative estimate of drug-likeness (QED) is 0.704. The van der Waals surface area contributed by atoms with Crippen LogP contribution in [0.15, 0.2) is 30.6 Å². The van der Waals surface area contributed by atoms with E-state index in [2.05, 4.69) is 15.5 Å². The van der Waals surface area contributed by atoms with Crippen molar-refractivity contribution >= 4 is 23.4 Å². The molecule has 2 heterocycles. The van der Waals surface area contributed by atoms with Crippen LogP contribution in [0.25, 0.3) is 0 Å². The fourth-order valence-electron chi connectivity index (χ4n) is 2.95. The van der Waals surface area contributed by atoms with E-state index in [1.807, 2.05) is 6.92 Å². The van der Waals surface area contributed by atoms with Gasteiger partial charge in [0.1, 0.15) is 11.9 Å². The number of halogens is 1. The van der Waals surface area contributed by atoms with E-state index in [9.17, 15) is 14.0 Å². The van der Waals surface area contributed by atoms with Crippen LogP contribution >= 0.6 is 0 Å². The van der Waals surface area contributed by atoms with Crippen molar-refractivity contribution in [2.75, 3.05) is 18.0 Å². The fraction of sp³-hybridized carbons (Fsp3) is 0.389. The largest absolute Gasteiger partial charge is 0.442 e. The van der Waals surface area contributed by atoms with E-state index in [1.54, 1.807) is 18.5 Å². The van der Waals surface area contributed by atoms with Gasteiger partial charge < -0.3 is 15.5 Å². The second kappa shape index (κ2) is 8.15. The number of nitrogens with zero attached hydrogens (tertiary/aromatic N) is 4. The first-order valence-corrected chi connectivity index (χ1v) is 8.81. The maximum Gasteiger partial charge on any atom is 0.414 e. The Morgan fingerprint density at radius 3 is 2.79 bits per heavy atom. The zero-order valence-corrected chi connectivity index (χ0v) is 15.6. The van der Waals surface area contributed by atoms with Gasteiger partial charge in [-0.2, -0.15) is 15.0 Å². The first-order chi connectivity index (χ1) is 13.3. The maximum atomic E-state index is 14.6. The fourth-order valence-corrected chi connectivity index (χ4v) is 2.95. The predicted octanol–water partition coefficient (Wildman–Crippen LogP) is 1.90. The SMILES string of the molecule is CC(=O)NC[C@H]1CN(c2ccc(C(=N)CC(C)n3nccn3)c(F)c2)C(=O)O1. The predicted molar refractivity (Wildman–Crippen MR) is 98.9 cm³/mol. The van der Waals surface area contributed by atoms with Crippen molar-refractivity contribution < 1.29 is 18.7 Å². The Balaban J connectivity index is 1.67. The van der Waals surface area contributed by atoms with Gasteiger partial charge in [-0.05, 0) is 25.1 Å². The maximum absolute atomic E-state index is 14.6. The number of amides is 2. The van der Waals surface area contributed by atoms with Gasteiger partial charge in [0, 0.05) is 24.6 Å². The summed E-state index contributed by atoms with van der Waals surface area (Å²) in [5.41, 5.74) is 0.609. The Morgan fingerprint density at radius 1 is 1.43 bits per heavy atom. The van der Waals surface area contributed by atoms with E-state index >= 15 is 0 Å². The van der Waals surface area contributed by atoms with E-state index < -0.39 is 18.0 Å². The molecule has 148 valence electrons. The third-order valence-corrected chi connectivity index (χ3v) is 4.37. The molecule has 1 saturated heterocycles. The molecule has 0 saturated carbocycles. The zero-order valence-electron chi connectivity index (χ0n) is 15.6. The van der Waals surface area contributed by atoms with Gasteiger partial charge in [-0.15, -0.1) is 0 Å². The number of benzene rings is 1. The number of aromatic nitrogens is 3. The highest BCUT2D eigenvalue weighted by atomic mass is 19.1. The molecule has 1 aliphatic rings. The average molecular weight is 388 g/mol. The van der Waals surface area contributed by atoms with E-state index in [4.69, 9.17) is 10.1 Å². The summed E-state index contributed by atoms with van der Waals surface area (Å²) in [6.07, 6.45) is 2.25. The summed E-state index contributed by atoms with van der Waals surface area (Å²) in [4.78, 5) is 25.8. The molecule has 0 radical (unpaired) electrons. The van der Waals surface area contributed by atoms with Gasteiger partial charge in [0.05, 0.1) is 37.2 Å².